The average Bonchev–Trinajstić information content (AvgIpc) is 2.17. The summed E-state index contributed by atoms with van der Waals surface area (Å²) in [5, 5.41) is 0. The molecule has 1 heterocycles. The Kier molecular flexibility index (Phi) is 3.53. The molecule has 1 aliphatic heterocycles. The van der Waals surface area contributed by atoms with Crippen LogP contribution in [0.2, 0.25) is 0 Å². The molecule has 1 fully saturated rings. The van der Waals surface area contributed by atoms with Crippen LogP contribution in [0, 0.1) is 11.8 Å². The minimum atomic E-state index is -0.0955. The number of carbonyl (C=O) groups is 1. The Balaban J connectivity index is 2.39. The quantitative estimate of drug-likeness (QED) is 0.587. The van der Waals surface area contributed by atoms with Gasteiger partial charge in [0.15, 0.2) is 0 Å². The highest BCUT2D eigenvalue weighted by molar-refractivity contribution is 5.72. The molecule has 0 amide bonds. The van der Waals surface area contributed by atoms with Gasteiger partial charge in [0.05, 0.1) is 13.0 Å². The SMILES string of the molecule is COC(=O)C(C)C1CCOCC1. The standard InChI is InChI=1S/C9H16O3/c1-7(9(10)11-2)8-3-5-12-6-4-8/h7-8H,3-6H2,1-2H3. The molecule has 0 aliphatic carbocycles. The smallest absolute Gasteiger partial charge is 0.308 e. The van der Waals surface area contributed by atoms with Gasteiger partial charge in [-0.2, -0.15) is 0 Å². The average molecular weight is 172 g/mol. The number of hydrogen-bond donors (Lipinski definition) is 0. The fraction of sp³-hybridized carbons (Fsp3) is 0.889. The third kappa shape index (κ3) is 2.21. The Bertz CT molecular complexity index is 150. The Morgan fingerprint density at radius 2 is 2.08 bits per heavy atom. The van der Waals surface area contributed by atoms with Crippen LogP contribution in [0.25, 0.3) is 0 Å². The third-order valence-corrected chi connectivity index (χ3v) is 2.55. The molecule has 1 atom stereocenters. The molecule has 0 radical (unpaired) electrons. The van der Waals surface area contributed by atoms with Crippen molar-refractivity contribution >= 4 is 5.97 Å². The van der Waals surface area contributed by atoms with Gasteiger partial charge >= 0.3 is 5.97 Å². The molecule has 70 valence electrons. The van der Waals surface area contributed by atoms with Crippen LogP contribution in [0.15, 0.2) is 0 Å². The van der Waals surface area contributed by atoms with E-state index in [1.165, 1.54) is 7.11 Å². The third-order valence-electron chi connectivity index (χ3n) is 2.55. The van der Waals surface area contributed by atoms with Crippen molar-refractivity contribution < 1.29 is 14.3 Å². The van der Waals surface area contributed by atoms with Gasteiger partial charge in [0.1, 0.15) is 0 Å². The minimum Gasteiger partial charge on any atom is -0.469 e. The zero-order valence-corrected chi connectivity index (χ0v) is 7.71. The summed E-state index contributed by atoms with van der Waals surface area (Å²) in [6.07, 6.45) is 1.96. The molecule has 0 aromatic carbocycles. The molecule has 0 aromatic rings. The number of hydrogen-bond acceptors (Lipinski definition) is 3. The second-order valence-electron chi connectivity index (χ2n) is 3.26. The Morgan fingerprint density at radius 1 is 1.50 bits per heavy atom. The first-order valence-electron chi connectivity index (χ1n) is 4.41. The van der Waals surface area contributed by atoms with Gasteiger partial charge in [-0.1, -0.05) is 6.92 Å². The minimum absolute atomic E-state index is 0.0268. The van der Waals surface area contributed by atoms with E-state index in [1.54, 1.807) is 0 Å². The molecule has 3 nitrogen and oxygen atoms in total. The molecule has 1 unspecified atom stereocenters. The van der Waals surface area contributed by atoms with Crippen molar-refractivity contribution in [3.63, 3.8) is 0 Å². The second-order valence-corrected chi connectivity index (χ2v) is 3.26. The van der Waals surface area contributed by atoms with Crippen LogP contribution in [0.5, 0.6) is 0 Å². The van der Waals surface area contributed by atoms with Gasteiger partial charge < -0.3 is 9.47 Å². The summed E-state index contributed by atoms with van der Waals surface area (Å²) < 4.78 is 9.90. The highest BCUT2D eigenvalue weighted by Crippen LogP contribution is 2.24. The van der Waals surface area contributed by atoms with Crippen LogP contribution in [-0.4, -0.2) is 26.3 Å². The highest BCUT2D eigenvalue weighted by atomic mass is 16.5. The van der Waals surface area contributed by atoms with E-state index in [9.17, 15) is 4.79 Å². The first-order valence-corrected chi connectivity index (χ1v) is 4.41. The molecule has 0 bridgehead atoms. The monoisotopic (exact) mass is 172 g/mol. The highest BCUT2D eigenvalue weighted by Gasteiger charge is 2.26. The molecular weight excluding hydrogens is 156 g/mol. The second kappa shape index (κ2) is 4.45. The van der Waals surface area contributed by atoms with Gasteiger partial charge in [0.2, 0.25) is 0 Å². The van der Waals surface area contributed by atoms with E-state index in [0.717, 1.165) is 26.1 Å². The van der Waals surface area contributed by atoms with E-state index in [1.807, 2.05) is 6.92 Å². The number of esters is 1. The lowest BCUT2D eigenvalue weighted by molar-refractivity contribution is -0.147. The molecule has 12 heavy (non-hydrogen) atoms. The van der Waals surface area contributed by atoms with Crippen LogP contribution in [0.3, 0.4) is 0 Å². The van der Waals surface area contributed by atoms with E-state index in [2.05, 4.69) is 4.74 Å². The summed E-state index contributed by atoms with van der Waals surface area (Å²) in [6.45, 7) is 3.50. The first-order chi connectivity index (χ1) is 5.75. The zero-order valence-electron chi connectivity index (χ0n) is 7.71. The maximum absolute atomic E-state index is 11.1. The van der Waals surface area contributed by atoms with E-state index in [0.29, 0.717) is 5.92 Å². The molecule has 0 N–H and O–H groups in total. The summed E-state index contributed by atoms with van der Waals surface area (Å²) in [6, 6.07) is 0. The van der Waals surface area contributed by atoms with Crippen molar-refractivity contribution in [1.82, 2.24) is 0 Å². The molecule has 1 saturated heterocycles. The van der Waals surface area contributed by atoms with Crippen LogP contribution < -0.4 is 0 Å². The van der Waals surface area contributed by atoms with Crippen LogP contribution in [0.1, 0.15) is 19.8 Å². The number of methoxy groups -OCH3 is 1. The zero-order chi connectivity index (χ0) is 8.97. The molecule has 0 saturated carbocycles. The summed E-state index contributed by atoms with van der Waals surface area (Å²) in [7, 11) is 1.44. The van der Waals surface area contributed by atoms with Crippen LogP contribution >= 0.6 is 0 Å². The summed E-state index contributed by atoms with van der Waals surface area (Å²) in [5.41, 5.74) is 0. The lowest BCUT2D eigenvalue weighted by atomic mass is 9.87. The Hall–Kier alpha value is -0.570. The maximum Gasteiger partial charge on any atom is 0.308 e. The molecular formula is C9H16O3. The van der Waals surface area contributed by atoms with E-state index < -0.39 is 0 Å². The van der Waals surface area contributed by atoms with Gasteiger partial charge in [0, 0.05) is 13.2 Å². The summed E-state index contributed by atoms with van der Waals surface area (Å²) >= 11 is 0. The number of rotatable bonds is 2. The fourth-order valence-corrected chi connectivity index (χ4v) is 1.59. The van der Waals surface area contributed by atoms with Crippen molar-refractivity contribution in [3.05, 3.63) is 0 Å². The summed E-state index contributed by atoms with van der Waals surface area (Å²) in [4.78, 5) is 11.1. The normalized spacial score (nSPS) is 21.8. The predicted octanol–water partition coefficient (Wildman–Crippen LogP) is 1.22. The largest absolute Gasteiger partial charge is 0.469 e. The van der Waals surface area contributed by atoms with Gasteiger partial charge in [-0.25, -0.2) is 0 Å². The summed E-state index contributed by atoms with van der Waals surface area (Å²) in [5.74, 6) is 0.381. The molecule has 0 aromatic heterocycles. The van der Waals surface area contributed by atoms with Gasteiger partial charge in [-0.15, -0.1) is 0 Å². The Morgan fingerprint density at radius 3 is 2.58 bits per heavy atom. The van der Waals surface area contributed by atoms with Gasteiger partial charge in [0.25, 0.3) is 0 Å². The molecule has 1 aliphatic rings. The number of carbonyl (C=O) groups excluding carboxylic acids is 1. The molecule has 0 spiro atoms. The number of ether oxygens (including phenoxy) is 2. The van der Waals surface area contributed by atoms with Crippen LogP contribution in [0.4, 0.5) is 0 Å². The molecule has 1 rings (SSSR count). The van der Waals surface area contributed by atoms with Gasteiger partial charge in [-0.05, 0) is 18.8 Å². The first kappa shape index (κ1) is 9.52. The van der Waals surface area contributed by atoms with Crippen molar-refractivity contribution in [3.8, 4) is 0 Å². The van der Waals surface area contributed by atoms with Crippen molar-refractivity contribution in [2.45, 2.75) is 19.8 Å². The predicted molar refractivity (Wildman–Crippen MR) is 44.7 cm³/mol. The lowest BCUT2D eigenvalue weighted by Crippen LogP contribution is -2.27. The topological polar surface area (TPSA) is 35.5 Å². The van der Waals surface area contributed by atoms with Crippen molar-refractivity contribution in [1.29, 1.82) is 0 Å². The van der Waals surface area contributed by atoms with Crippen molar-refractivity contribution in [2.24, 2.45) is 11.8 Å². The fourth-order valence-electron chi connectivity index (χ4n) is 1.59. The van der Waals surface area contributed by atoms with Crippen molar-refractivity contribution in [2.75, 3.05) is 20.3 Å². The van der Waals surface area contributed by atoms with Crippen LogP contribution in [-0.2, 0) is 14.3 Å². The van der Waals surface area contributed by atoms with Gasteiger partial charge in [-0.3, -0.25) is 4.79 Å². The maximum atomic E-state index is 11.1. The lowest BCUT2D eigenvalue weighted by Gasteiger charge is -2.25. The Labute approximate surface area is 73.0 Å². The molecule has 3 heteroatoms. The van der Waals surface area contributed by atoms with E-state index >= 15 is 0 Å². The van der Waals surface area contributed by atoms with E-state index in [4.69, 9.17) is 4.74 Å². The van der Waals surface area contributed by atoms with E-state index in [-0.39, 0.29) is 11.9 Å².